The second-order valence-corrected chi connectivity index (χ2v) is 3.68. The lowest BCUT2D eigenvalue weighted by Crippen LogP contribution is -2.15. The molecule has 0 bridgehead atoms. The molecule has 1 aromatic carbocycles. The van der Waals surface area contributed by atoms with Gasteiger partial charge in [-0.1, -0.05) is 12.1 Å². The van der Waals surface area contributed by atoms with Gasteiger partial charge in [0.15, 0.2) is 0 Å². The zero-order chi connectivity index (χ0) is 13.0. The standard InChI is InChI=1S/C13H13N3O2/c1-9-7-8-14-13(15-9)16-12(17)10-5-3-4-6-11(10)18-2/h3-8H,1-2H3,(H,14,15,16,17). The van der Waals surface area contributed by atoms with Crippen molar-refractivity contribution in [1.82, 2.24) is 9.97 Å². The molecule has 1 heterocycles. The number of nitrogens with one attached hydrogen (secondary N) is 1. The minimum atomic E-state index is -0.293. The first kappa shape index (κ1) is 12.0. The van der Waals surface area contributed by atoms with Crippen molar-refractivity contribution in [2.75, 3.05) is 12.4 Å². The molecule has 2 aromatic rings. The van der Waals surface area contributed by atoms with E-state index in [1.807, 2.05) is 6.92 Å². The monoisotopic (exact) mass is 243 g/mol. The van der Waals surface area contributed by atoms with Crippen molar-refractivity contribution >= 4 is 11.9 Å². The Morgan fingerprint density at radius 3 is 2.78 bits per heavy atom. The highest BCUT2D eigenvalue weighted by Gasteiger charge is 2.12. The molecule has 1 N–H and O–H groups in total. The van der Waals surface area contributed by atoms with Gasteiger partial charge in [0.1, 0.15) is 5.75 Å². The third kappa shape index (κ3) is 2.63. The smallest absolute Gasteiger partial charge is 0.261 e. The van der Waals surface area contributed by atoms with E-state index in [4.69, 9.17) is 4.74 Å². The average Bonchev–Trinajstić information content (AvgIpc) is 2.38. The van der Waals surface area contributed by atoms with Gasteiger partial charge in [0.2, 0.25) is 5.95 Å². The van der Waals surface area contributed by atoms with Crippen LogP contribution >= 0.6 is 0 Å². The first-order valence-electron chi connectivity index (χ1n) is 5.44. The Kier molecular flexibility index (Phi) is 3.52. The molecule has 5 nitrogen and oxygen atoms in total. The van der Waals surface area contributed by atoms with Gasteiger partial charge in [-0.05, 0) is 25.1 Å². The molecule has 0 saturated heterocycles. The van der Waals surface area contributed by atoms with Gasteiger partial charge in [-0.25, -0.2) is 9.97 Å². The van der Waals surface area contributed by atoms with Crippen molar-refractivity contribution in [3.8, 4) is 5.75 Å². The molecule has 0 radical (unpaired) electrons. The minimum Gasteiger partial charge on any atom is -0.496 e. The molecule has 0 aliphatic rings. The molecular weight excluding hydrogens is 230 g/mol. The Hall–Kier alpha value is -2.43. The highest BCUT2D eigenvalue weighted by Crippen LogP contribution is 2.18. The van der Waals surface area contributed by atoms with Gasteiger partial charge >= 0.3 is 0 Å². The van der Waals surface area contributed by atoms with Crippen LogP contribution in [0.3, 0.4) is 0 Å². The fourth-order valence-corrected chi connectivity index (χ4v) is 1.51. The fraction of sp³-hybridized carbons (Fsp3) is 0.154. The third-order valence-electron chi connectivity index (χ3n) is 2.37. The SMILES string of the molecule is COc1ccccc1C(=O)Nc1nccc(C)n1. The number of carbonyl (C=O) groups excluding carboxylic acids is 1. The number of benzene rings is 1. The number of para-hydroxylation sites is 1. The third-order valence-corrected chi connectivity index (χ3v) is 2.37. The van der Waals surface area contributed by atoms with Crippen LogP contribution in [0.4, 0.5) is 5.95 Å². The van der Waals surface area contributed by atoms with Crippen LogP contribution in [0.5, 0.6) is 5.75 Å². The summed E-state index contributed by atoms with van der Waals surface area (Å²) in [5.41, 5.74) is 1.24. The fourth-order valence-electron chi connectivity index (χ4n) is 1.51. The zero-order valence-electron chi connectivity index (χ0n) is 10.2. The van der Waals surface area contributed by atoms with E-state index in [-0.39, 0.29) is 11.9 Å². The van der Waals surface area contributed by atoms with Crippen LogP contribution in [-0.4, -0.2) is 23.0 Å². The lowest BCUT2D eigenvalue weighted by atomic mass is 10.2. The van der Waals surface area contributed by atoms with E-state index in [2.05, 4.69) is 15.3 Å². The Balaban J connectivity index is 2.22. The Morgan fingerprint density at radius 1 is 1.28 bits per heavy atom. The number of methoxy groups -OCH3 is 1. The zero-order valence-corrected chi connectivity index (χ0v) is 10.2. The first-order chi connectivity index (χ1) is 8.70. The number of ether oxygens (including phenoxy) is 1. The number of carbonyl (C=O) groups is 1. The van der Waals surface area contributed by atoms with Gasteiger partial charge in [0, 0.05) is 11.9 Å². The predicted octanol–water partition coefficient (Wildman–Crippen LogP) is 2.05. The summed E-state index contributed by atoms with van der Waals surface area (Å²) in [6.45, 7) is 1.83. The summed E-state index contributed by atoms with van der Waals surface area (Å²) in [6, 6.07) is 8.75. The van der Waals surface area contributed by atoms with Gasteiger partial charge < -0.3 is 4.74 Å². The van der Waals surface area contributed by atoms with E-state index in [9.17, 15) is 4.79 Å². The Morgan fingerprint density at radius 2 is 2.06 bits per heavy atom. The molecule has 0 saturated carbocycles. The molecule has 2 rings (SSSR count). The van der Waals surface area contributed by atoms with E-state index in [0.717, 1.165) is 5.69 Å². The second kappa shape index (κ2) is 5.27. The summed E-state index contributed by atoms with van der Waals surface area (Å²) in [4.78, 5) is 20.1. The van der Waals surface area contributed by atoms with Crippen LogP contribution in [0.15, 0.2) is 36.5 Å². The Bertz CT molecular complexity index is 570. The summed E-state index contributed by atoms with van der Waals surface area (Å²) >= 11 is 0. The number of amides is 1. The lowest BCUT2D eigenvalue weighted by Gasteiger charge is -2.08. The van der Waals surface area contributed by atoms with E-state index in [1.54, 1.807) is 36.5 Å². The van der Waals surface area contributed by atoms with Gasteiger partial charge in [-0.3, -0.25) is 10.1 Å². The van der Waals surface area contributed by atoms with Crippen LogP contribution in [0.25, 0.3) is 0 Å². The predicted molar refractivity (Wildman–Crippen MR) is 67.7 cm³/mol. The van der Waals surface area contributed by atoms with Crippen molar-refractivity contribution in [2.45, 2.75) is 6.92 Å². The van der Waals surface area contributed by atoms with Crippen molar-refractivity contribution in [3.63, 3.8) is 0 Å². The molecule has 18 heavy (non-hydrogen) atoms. The number of hydrogen-bond acceptors (Lipinski definition) is 4. The highest BCUT2D eigenvalue weighted by atomic mass is 16.5. The van der Waals surface area contributed by atoms with Gasteiger partial charge in [-0.2, -0.15) is 0 Å². The second-order valence-electron chi connectivity index (χ2n) is 3.68. The van der Waals surface area contributed by atoms with Gasteiger partial charge in [-0.15, -0.1) is 0 Å². The number of aryl methyl sites for hydroxylation is 1. The molecule has 0 atom stereocenters. The summed E-state index contributed by atoms with van der Waals surface area (Å²) < 4.78 is 5.13. The molecule has 0 spiro atoms. The van der Waals surface area contributed by atoms with Crippen molar-refractivity contribution < 1.29 is 9.53 Å². The summed E-state index contributed by atoms with van der Waals surface area (Å²) in [6.07, 6.45) is 1.60. The van der Waals surface area contributed by atoms with Crippen LogP contribution in [0.1, 0.15) is 16.1 Å². The maximum atomic E-state index is 12.0. The lowest BCUT2D eigenvalue weighted by molar-refractivity contribution is 0.102. The largest absolute Gasteiger partial charge is 0.496 e. The minimum absolute atomic E-state index is 0.283. The van der Waals surface area contributed by atoms with Crippen LogP contribution in [0.2, 0.25) is 0 Å². The molecule has 92 valence electrons. The van der Waals surface area contributed by atoms with Crippen LogP contribution in [0, 0.1) is 6.92 Å². The van der Waals surface area contributed by atoms with E-state index < -0.39 is 0 Å². The molecule has 1 aromatic heterocycles. The first-order valence-corrected chi connectivity index (χ1v) is 5.44. The number of rotatable bonds is 3. The number of nitrogens with zero attached hydrogens (tertiary/aromatic N) is 2. The number of anilines is 1. The van der Waals surface area contributed by atoms with E-state index in [1.165, 1.54) is 7.11 Å². The van der Waals surface area contributed by atoms with Crippen molar-refractivity contribution in [2.24, 2.45) is 0 Å². The van der Waals surface area contributed by atoms with Gasteiger partial charge in [0.25, 0.3) is 5.91 Å². The van der Waals surface area contributed by atoms with E-state index in [0.29, 0.717) is 11.3 Å². The normalized spacial score (nSPS) is 9.89. The molecule has 0 aliphatic carbocycles. The molecule has 0 aliphatic heterocycles. The van der Waals surface area contributed by atoms with Crippen LogP contribution < -0.4 is 10.1 Å². The van der Waals surface area contributed by atoms with Gasteiger partial charge in [0.05, 0.1) is 12.7 Å². The molecule has 0 fully saturated rings. The number of aromatic nitrogens is 2. The quantitative estimate of drug-likeness (QED) is 0.896. The summed E-state index contributed by atoms with van der Waals surface area (Å²) in [5, 5.41) is 2.63. The van der Waals surface area contributed by atoms with Crippen molar-refractivity contribution in [3.05, 3.63) is 47.8 Å². The topological polar surface area (TPSA) is 64.1 Å². The molecule has 1 amide bonds. The summed E-state index contributed by atoms with van der Waals surface area (Å²) in [7, 11) is 1.52. The van der Waals surface area contributed by atoms with Crippen molar-refractivity contribution in [1.29, 1.82) is 0 Å². The average molecular weight is 243 g/mol. The molecular formula is C13H13N3O2. The number of hydrogen-bond donors (Lipinski definition) is 1. The molecule has 0 unspecified atom stereocenters. The summed E-state index contributed by atoms with van der Waals surface area (Å²) in [5.74, 6) is 0.506. The van der Waals surface area contributed by atoms with Crippen LogP contribution in [-0.2, 0) is 0 Å². The Labute approximate surface area is 105 Å². The maximum absolute atomic E-state index is 12.0. The molecule has 5 heteroatoms. The maximum Gasteiger partial charge on any atom is 0.261 e. The van der Waals surface area contributed by atoms with E-state index >= 15 is 0 Å². The highest BCUT2D eigenvalue weighted by molar-refractivity contribution is 6.05.